The van der Waals surface area contributed by atoms with E-state index in [1.807, 2.05) is 38.1 Å². The lowest BCUT2D eigenvalue weighted by Gasteiger charge is -2.13. The number of methoxy groups -OCH3 is 1. The van der Waals surface area contributed by atoms with Crippen molar-refractivity contribution in [1.82, 2.24) is 0 Å². The van der Waals surface area contributed by atoms with E-state index >= 15 is 0 Å². The number of hydrogen-bond acceptors (Lipinski definition) is 7. The second kappa shape index (κ2) is 9.32. The maximum Gasteiger partial charge on any atom is 0.363 e. The fourth-order valence-electron chi connectivity index (χ4n) is 3.15. The summed E-state index contributed by atoms with van der Waals surface area (Å²) in [5, 5.41) is -0.0176. The highest BCUT2D eigenvalue weighted by Gasteiger charge is 2.25. The molecule has 0 unspecified atom stereocenters. The zero-order valence-electron chi connectivity index (χ0n) is 18.5. The molecular weight excluding hydrogens is 478 g/mol. The average molecular weight is 498 g/mol. The molecule has 1 heterocycles. The normalized spacial score (nSPS) is 14.6. The molecule has 3 aromatic carbocycles. The number of cyclic esters (lactones) is 1. The van der Waals surface area contributed by atoms with Crippen LogP contribution in [0.15, 0.2) is 76.2 Å². The van der Waals surface area contributed by atoms with Gasteiger partial charge in [-0.25, -0.2) is 9.79 Å². The first-order valence-corrected chi connectivity index (χ1v) is 11.9. The molecule has 0 N–H and O–H groups in total. The molecule has 0 atom stereocenters. The molecule has 0 saturated heterocycles. The molecular formula is C25H20ClNO6S. The van der Waals surface area contributed by atoms with Gasteiger partial charge in [-0.05, 0) is 61.9 Å². The van der Waals surface area contributed by atoms with Crippen LogP contribution in [0, 0.1) is 13.8 Å². The van der Waals surface area contributed by atoms with Crippen LogP contribution in [0.5, 0.6) is 11.5 Å². The summed E-state index contributed by atoms with van der Waals surface area (Å²) in [7, 11) is -2.79. The molecule has 0 radical (unpaired) electrons. The van der Waals surface area contributed by atoms with Crippen LogP contribution in [-0.2, 0) is 19.6 Å². The second-order valence-corrected chi connectivity index (χ2v) is 9.54. The Morgan fingerprint density at radius 3 is 2.21 bits per heavy atom. The third kappa shape index (κ3) is 4.98. The number of esters is 1. The van der Waals surface area contributed by atoms with Gasteiger partial charge in [-0.2, -0.15) is 8.42 Å². The summed E-state index contributed by atoms with van der Waals surface area (Å²) in [6.07, 6.45) is 1.47. The lowest BCUT2D eigenvalue weighted by molar-refractivity contribution is -0.129. The lowest BCUT2D eigenvalue weighted by Crippen LogP contribution is -2.11. The number of ether oxygens (including phenoxy) is 2. The van der Waals surface area contributed by atoms with Gasteiger partial charge in [-0.1, -0.05) is 47.0 Å². The van der Waals surface area contributed by atoms with Crippen LogP contribution < -0.4 is 8.92 Å². The maximum atomic E-state index is 12.7. The quantitative estimate of drug-likeness (QED) is 0.268. The number of hydrogen-bond donors (Lipinski definition) is 0. The van der Waals surface area contributed by atoms with E-state index in [1.165, 1.54) is 37.5 Å². The molecule has 1 aliphatic rings. The van der Waals surface area contributed by atoms with E-state index in [0.717, 1.165) is 11.1 Å². The van der Waals surface area contributed by atoms with Gasteiger partial charge in [0.25, 0.3) is 0 Å². The number of carbonyl (C=O) groups excluding carboxylic acids is 1. The number of halogens is 1. The van der Waals surface area contributed by atoms with Crippen molar-refractivity contribution in [3.8, 4) is 11.5 Å². The second-order valence-electron chi connectivity index (χ2n) is 7.59. The fourth-order valence-corrected chi connectivity index (χ4v) is 4.41. The van der Waals surface area contributed by atoms with Gasteiger partial charge in [0, 0.05) is 5.56 Å². The number of aryl methyl sites for hydroxylation is 2. The Bertz CT molecular complexity index is 1430. The Labute approximate surface area is 202 Å². The highest BCUT2D eigenvalue weighted by Crippen LogP contribution is 2.39. The van der Waals surface area contributed by atoms with E-state index in [-0.39, 0.29) is 33.0 Å². The predicted octanol–water partition coefficient (Wildman–Crippen LogP) is 5.08. The molecule has 0 bridgehead atoms. The van der Waals surface area contributed by atoms with Gasteiger partial charge >= 0.3 is 16.1 Å². The van der Waals surface area contributed by atoms with Gasteiger partial charge in [0.15, 0.2) is 11.4 Å². The molecule has 3 aromatic rings. The Morgan fingerprint density at radius 2 is 1.59 bits per heavy atom. The smallest absolute Gasteiger partial charge is 0.363 e. The van der Waals surface area contributed by atoms with Gasteiger partial charge in [-0.15, -0.1) is 0 Å². The summed E-state index contributed by atoms with van der Waals surface area (Å²) in [5.41, 5.74) is 3.16. The van der Waals surface area contributed by atoms with E-state index in [9.17, 15) is 13.2 Å². The summed E-state index contributed by atoms with van der Waals surface area (Å²) in [5.74, 6) is -0.514. The first-order chi connectivity index (χ1) is 16.2. The molecule has 9 heteroatoms. The molecule has 0 spiro atoms. The molecule has 7 nitrogen and oxygen atoms in total. The third-order valence-corrected chi connectivity index (χ3v) is 6.49. The van der Waals surface area contributed by atoms with Crippen LogP contribution in [0.2, 0.25) is 5.02 Å². The van der Waals surface area contributed by atoms with Crippen molar-refractivity contribution >= 4 is 39.7 Å². The largest absolute Gasteiger partial charge is 0.493 e. The summed E-state index contributed by atoms with van der Waals surface area (Å²) in [4.78, 5) is 16.6. The van der Waals surface area contributed by atoms with Gasteiger partial charge in [-0.3, -0.25) is 0 Å². The van der Waals surface area contributed by atoms with Crippen LogP contribution in [-0.4, -0.2) is 27.4 Å². The van der Waals surface area contributed by atoms with Crippen molar-refractivity contribution in [1.29, 1.82) is 0 Å². The Kier molecular flexibility index (Phi) is 6.45. The molecule has 0 amide bonds. The SMILES string of the molecule is COc1cc(/C=C2/N=C(c3ccc(C)cc3)OC2=O)cc(Cl)c1OS(=O)(=O)c1ccc(C)cc1. The zero-order chi connectivity index (χ0) is 24.5. The van der Waals surface area contributed by atoms with E-state index in [4.69, 9.17) is 25.3 Å². The number of aliphatic imine (C=N–C) groups is 1. The summed E-state index contributed by atoms with van der Waals surface area (Å²) in [6, 6.07) is 16.6. The molecule has 0 aromatic heterocycles. The zero-order valence-corrected chi connectivity index (χ0v) is 20.1. The van der Waals surface area contributed by atoms with Gasteiger partial charge < -0.3 is 13.7 Å². The van der Waals surface area contributed by atoms with Gasteiger partial charge in [0.05, 0.1) is 12.1 Å². The Balaban J connectivity index is 1.65. The van der Waals surface area contributed by atoms with Crippen LogP contribution >= 0.6 is 11.6 Å². The molecule has 0 saturated carbocycles. The van der Waals surface area contributed by atoms with Crippen molar-refractivity contribution in [2.45, 2.75) is 18.7 Å². The van der Waals surface area contributed by atoms with Crippen LogP contribution in [0.3, 0.4) is 0 Å². The van der Waals surface area contributed by atoms with Crippen LogP contribution in [0.25, 0.3) is 6.08 Å². The van der Waals surface area contributed by atoms with Gasteiger partial charge in [0.2, 0.25) is 11.6 Å². The van der Waals surface area contributed by atoms with E-state index < -0.39 is 16.1 Å². The van der Waals surface area contributed by atoms with Crippen molar-refractivity contribution in [2.75, 3.05) is 7.11 Å². The summed E-state index contributed by atoms with van der Waals surface area (Å²) in [6.45, 7) is 3.80. The van der Waals surface area contributed by atoms with Crippen molar-refractivity contribution in [2.24, 2.45) is 4.99 Å². The predicted molar refractivity (Wildman–Crippen MR) is 129 cm³/mol. The number of nitrogens with zero attached hydrogens (tertiary/aromatic N) is 1. The molecule has 1 aliphatic heterocycles. The fraction of sp³-hybridized carbons (Fsp3) is 0.120. The maximum absolute atomic E-state index is 12.7. The highest BCUT2D eigenvalue weighted by atomic mass is 35.5. The summed E-state index contributed by atoms with van der Waals surface area (Å²) >= 11 is 6.34. The average Bonchev–Trinajstić information content (AvgIpc) is 3.16. The molecule has 174 valence electrons. The number of benzene rings is 3. The first-order valence-electron chi connectivity index (χ1n) is 10.1. The van der Waals surface area contributed by atoms with E-state index in [0.29, 0.717) is 11.1 Å². The monoisotopic (exact) mass is 497 g/mol. The highest BCUT2D eigenvalue weighted by molar-refractivity contribution is 7.87. The Hall–Kier alpha value is -3.62. The molecule has 4 rings (SSSR count). The number of carbonyl (C=O) groups is 1. The first kappa shape index (κ1) is 23.5. The van der Waals surface area contributed by atoms with E-state index in [2.05, 4.69) is 4.99 Å². The minimum Gasteiger partial charge on any atom is -0.493 e. The minimum atomic E-state index is -4.15. The minimum absolute atomic E-state index is 0.0176. The molecule has 34 heavy (non-hydrogen) atoms. The molecule has 0 fully saturated rings. The van der Waals surface area contributed by atoms with Crippen LogP contribution in [0.4, 0.5) is 0 Å². The van der Waals surface area contributed by atoms with Crippen LogP contribution in [0.1, 0.15) is 22.3 Å². The van der Waals surface area contributed by atoms with Crippen molar-refractivity contribution in [3.05, 3.63) is 93.6 Å². The topological polar surface area (TPSA) is 91.3 Å². The van der Waals surface area contributed by atoms with Crippen molar-refractivity contribution in [3.63, 3.8) is 0 Å². The number of rotatable bonds is 6. The van der Waals surface area contributed by atoms with E-state index in [1.54, 1.807) is 12.1 Å². The van der Waals surface area contributed by atoms with Gasteiger partial charge in [0.1, 0.15) is 4.90 Å². The third-order valence-electron chi connectivity index (χ3n) is 4.98. The summed E-state index contributed by atoms with van der Waals surface area (Å²) < 4.78 is 41.3. The van der Waals surface area contributed by atoms with Crippen molar-refractivity contribution < 1.29 is 26.9 Å². The standard InChI is InChI=1S/C25H20ClNO6S/c1-15-4-8-18(9-5-15)24-27-21(25(28)32-24)13-17-12-20(26)23(22(14-17)31-3)33-34(29,30)19-10-6-16(2)7-11-19/h4-14H,1-3H3/b21-13+. The lowest BCUT2D eigenvalue weighted by atomic mass is 10.1. The molecule has 0 aliphatic carbocycles. The Morgan fingerprint density at radius 1 is 0.971 bits per heavy atom.